The van der Waals surface area contributed by atoms with Gasteiger partial charge in [-0.1, -0.05) is 31.2 Å². The van der Waals surface area contributed by atoms with Crippen LogP contribution in [0.5, 0.6) is 5.75 Å². The number of pyridine rings is 1. The molecule has 0 amide bonds. The molecule has 0 spiro atoms. The number of rotatable bonds is 8. The summed E-state index contributed by atoms with van der Waals surface area (Å²) >= 11 is 0. The fourth-order valence-electron chi connectivity index (χ4n) is 5.01. The Morgan fingerprint density at radius 1 is 1.28 bits per heavy atom. The van der Waals surface area contributed by atoms with Crippen molar-refractivity contribution in [3.05, 3.63) is 82.2 Å². The first-order valence-electron chi connectivity index (χ1n) is 12.5. The second-order valence-electron chi connectivity index (χ2n) is 9.59. The van der Waals surface area contributed by atoms with Crippen LogP contribution in [0.1, 0.15) is 59.2 Å². The molecule has 2 aromatic carbocycles. The van der Waals surface area contributed by atoms with Crippen molar-refractivity contribution in [1.29, 1.82) is 0 Å². The lowest BCUT2D eigenvalue weighted by molar-refractivity contribution is -0.137. The quantitative estimate of drug-likeness (QED) is 0.379. The van der Waals surface area contributed by atoms with Crippen molar-refractivity contribution >= 4 is 17.3 Å². The maximum absolute atomic E-state index is 11.9. The van der Waals surface area contributed by atoms with Gasteiger partial charge in [0.2, 0.25) is 0 Å². The number of ether oxygens (including phenoxy) is 1. The Morgan fingerprint density at radius 3 is 2.81 bits per heavy atom. The first-order valence-corrected chi connectivity index (χ1v) is 12.5. The molecule has 2 atom stereocenters. The molecular weight excluding hydrogens is 452 g/mol. The van der Waals surface area contributed by atoms with E-state index in [-0.39, 0.29) is 18.4 Å². The van der Waals surface area contributed by atoms with Crippen LogP contribution >= 0.6 is 0 Å². The molecule has 0 saturated carbocycles. The Hall–Kier alpha value is -3.58. The molecule has 4 rings (SSSR count). The van der Waals surface area contributed by atoms with Crippen molar-refractivity contribution in [2.24, 2.45) is 0 Å². The average molecular weight is 489 g/mol. The Labute approximate surface area is 213 Å². The number of anilines is 2. The number of carbonyl (C=O) groups is 1. The van der Waals surface area contributed by atoms with Gasteiger partial charge in [-0.05, 0) is 66.3 Å². The van der Waals surface area contributed by atoms with E-state index < -0.39 is 5.97 Å². The molecule has 0 unspecified atom stereocenters. The number of carboxylic acids is 1. The molecule has 0 fully saturated rings. The third-order valence-electron chi connectivity index (χ3n) is 7.18. The number of aliphatic carboxylic acids is 1. The van der Waals surface area contributed by atoms with Gasteiger partial charge < -0.3 is 20.9 Å². The molecule has 0 bridgehead atoms. The lowest BCUT2D eigenvalue weighted by Gasteiger charge is -2.25. The van der Waals surface area contributed by atoms with E-state index in [1.54, 1.807) is 0 Å². The van der Waals surface area contributed by atoms with Crippen LogP contribution in [0, 0.1) is 13.8 Å². The number of benzene rings is 2. The van der Waals surface area contributed by atoms with E-state index in [1.165, 1.54) is 11.1 Å². The molecule has 0 radical (unpaired) electrons. The molecule has 4 N–H and O–H groups in total. The summed E-state index contributed by atoms with van der Waals surface area (Å²) < 4.78 is 6.22. The highest BCUT2D eigenvalue weighted by Gasteiger charge is 2.25. The Morgan fingerprint density at radius 2 is 2.08 bits per heavy atom. The lowest BCUT2D eigenvalue weighted by Crippen LogP contribution is -2.32. The fraction of sp³-hybridized carbons (Fsp3) is 0.379. The van der Waals surface area contributed by atoms with Gasteiger partial charge in [0, 0.05) is 38.8 Å². The van der Waals surface area contributed by atoms with Crippen molar-refractivity contribution in [2.45, 2.75) is 58.7 Å². The van der Waals surface area contributed by atoms with E-state index in [4.69, 9.17) is 10.5 Å². The summed E-state index contributed by atoms with van der Waals surface area (Å²) in [6.07, 6.45) is 2.81. The molecule has 7 heteroatoms. The van der Waals surface area contributed by atoms with Crippen LogP contribution in [0.2, 0.25) is 0 Å². The number of fused-ring (bicyclic) bond motifs is 1. The monoisotopic (exact) mass is 488 g/mol. The van der Waals surface area contributed by atoms with E-state index >= 15 is 0 Å². The van der Waals surface area contributed by atoms with Gasteiger partial charge in [0.05, 0.1) is 23.5 Å². The van der Waals surface area contributed by atoms with Crippen molar-refractivity contribution in [3.8, 4) is 5.75 Å². The van der Waals surface area contributed by atoms with E-state index in [0.717, 1.165) is 53.3 Å². The van der Waals surface area contributed by atoms with E-state index in [1.807, 2.05) is 50.5 Å². The first-order chi connectivity index (χ1) is 17.3. The zero-order valence-electron chi connectivity index (χ0n) is 21.5. The number of aryl methyl sites for hydroxylation is 1. The van der Waals surface area contributed by atoms with E-state index in [0.29, 0.717) is 12.2 Å². The topological polar surface area (TPSA) is 101 Å². The molecule has 1 aliphatic heterocycles. The maximum atomic E-state index is 11.9. The third-order valence-corrected chi connectivity index (χ3v) is 7.18. The Balaban J connectivity index is 1.68. The highest BCUT2D eigenvalue weighted by atomic mass is 16.5. The molecule has 3 aromatic rings. The second-order valence-corrected chi connectivity index (χ2v) is 9.59. The van der Waals surface area contributed by atoms with Gasteiger partial charge in [-0.2, -0.15) is 0 Å². The summed E-state index contributed by atoms with van der Waals surface area (Å²) in [5.74, 6) is -0.277. The molecule has 2 heterocycles. The molecular formula is C29H36N4O3. The Bertz CT molecular complexity index is 1240. The lowest BCUT2D eigenvalue weighted by atomic mass is 9.84. The second kappa shape index (κ2) is 11.0. The average Bonchev–Trinajstić information content (AvgIpc) is 3.04. The van der Waals surface area contributed by atoms with Crippen LogP contribution in [0.25, 0.3) is 0 Å². The predicted molar refractivity (Wildman–Crippen MR) is 143 cm³/mol. The summed E-state index contributed by atoms with van der Waals surface area (Å²) in [6, 6.07) is 14.1. The van der Waals surface area contributed by atoms with Crippen molar-refractivity contribution in [1.82, 2.24) is 9.88 Å². The molecule has 36 heavy (non-hydrogen) atoms. The number of nitrogen functional groups attached to an aromatic ring is 1. The number of carboxylic acid groups (broad SMARTS) is 1. The zero-order valence-corrected chi connectivity index (χ0v) is 21.5. The normalized spacial score (nSPS) is 16.5. The highest BCUT2D eigenvalue weighted by molar-refractivity contribution is 5.74. The fourth-order valence-corrected chi connectivity index (χ4v) is 5.01. The van der Waals surface area contributed by atoms with E-state index in [9.17, 15) is 9.90 Å². The molecule has 7 nitrogen and oxygen atoms in total. The molecule has 190 valence electrons. The summed E-state index contributed by atoms with van der Waals surface area (Å²) in [7, 11) is 1.83. The Kier molecular flexibility index (Phi) is 7.79. The van der Waals surface area contributed by atoms with E-state index in [2.05, 4.69) is 41.2 Å². The summed E-state index contributed by atoms with van der Waals surface area (Å²) in [5, 5.41) is 12.9. The van der Waals surface area contributed by atoms with Crippen LogP contribution < -0.4 is 15.8 Å². The van der Waals surface area contributed by atoms with Crippen LogP contribution in [-0.4, -0.2) is 40.7 Å². The van der Waals surface area contributed by atoms with Gasteiger partial charge in [0.15, 0.2) is 0 Å². The van der Waals surface area contributed by atoms with Crippen molar-refractivity contribution in [2.75, 3.05) is 24.6 Å². The summed E-state index contributed by atoms with van der Waals surface area (Å²) in [5.41, 5.74) is 14.0. The van der Waals surface area contributed by atoms with Gasteiger partial charge in [-0.15, -0.1) is 0 Å². The van der Waals surface area contributed by atoms with Crippen LogP contribution in [0.4, 0.5) is 11.4 Å². The summed E-state index contributed by atoms with van der Waals surface area (Å²) in [4.78, 5) is 18.8. The number of hydrogen-bond acceptors (Lipinski definition) is 6. The molecule has 1 aliphatic rings. The first kappa shape index (κ1) is 25.5. The number of aromatic nitrogens is 1. The van der Waals surface area contributed by atoms with Gasteiger partial charge in [0.25, 0.3) is 0 Å². The largest absolute Gasteiger partial charge is 0.487 e. The molecule has 1 aromatic heterocycles. The summed E-state index contributed by atoms with van der Waals surface area (Å²) in [6.45, 7) is 8.44. The number of hydrogen-bond donors (Lipinski definition) is 3. The SMILES string of the molecule is CC[C@@H]1CN(Cc2cc([C@@H](CC(=O)O)c3ccc(NC)c(N)c3C)ccc2C)Cc2ncccc2O1. The molecule has 0 aliphatic carbocycles. The van der Waals surface area contributed by atoms with Crippen molar-refractivity contribution in [3.63, 3.8) is 0 Å². The van der Waals surface area contributed by atoms with Gasteiger partial charge in [-0.3, -0.25) is 14.7 Å². The maximum Gasteiger partial charge on any atom is 0.304 e. The number of nitrogens with one attached hydrogen (secondary N) is 1. The minimum atomic E-state index is -0.837. The van der Waals surface area contributed by atoms with Gasteiger partial charge in [0.1, 0.15) is 11.9 Å². The predicted octanol–water partition coefficient (Wildman–Crippen LogP) is 5.10. The zero-order chi connectivity index (χ0) is 25.8. The standard InChI is InChI=1S/C29H36N4O3/c1-5-22-16-33(17-26-27(36-22)7-6-12-32-26)15-21-13-20(9-8-18(21)2)24(14-28(34)35)23-10-11-25(31-4)29(30)19(23)3/h6-13,22,24,31H,5,14-17,30H2,1-4H3,(H,34,35)/t22-,24-/m1/s1. The number of nitrogens with zero attached hydrogens (tertiary/aromatic N) is 2. The van der Waals surface area contributed by atoms with Gasteiger partial charge >= 0.3 is 5.97 Å². The van der Waals surface area contributed by atoms with Gasteiger partial charge in [-0.25, -0.2) is 0 Å². The number of nitrogens with two attached hydrogens (primary N) is 1. The molecule has 0 saturated heterocycles. The van der Waals surface area contributed by atoms with Crippen LogP contribution in [0.15, 0.2) is 48.7 Å². The highest BCUT2D eigenvalue weighted by Crippen LogP contribution is 2.36. The smallest absolute Gasteiger partial charge is 0.304 e. The van der Waals surface area contributed by atoms with Crippen LogP contribution in [0.3, 0.4) is 0 Å². The van der Waals surface area contributed by atoms with Crippen molar-refractivity contribution < 1.29 is 14.6 Å². The minimum Gasteiger partial charge on any atom is -0.487 e. The van der Waals surface area contributed by atoms with Crippen LogP contribution in [-0.2, 0) is 17.9 Å². The third kappa shape index (κ3) is 5.46. The minimum absolute atomic E-state index is 0.00552.